The van der Waals surface area contributed by atoms with Crippen molar-refractivity contribution in [2.24, 2.45) is 0 Å². The molecule has 0 saturated carbocycles. The molecule has 4 amide bonds. The number of carbonyl (C=O) groups is 4. The van der Waals surface area contributed by atoms with Crippen molar-refractivity contribution in [3.63, 3.8) is 0 Å². The molecule has 5 saturated heterocycles. The van der Waals surface area contributed by atoms with Gasteiger partial charge in [-0.1, -0.05) is 24.5 Å². The summed E-state index contributed by atoms with van der Waals surface area (Å²) >= 11 is 0. The number of anilines is 2. The lowest BCUT2D eigenvalue weighted by molar-refractivity contribution is -0.136. The van der Waals surface area contributed by atoms with E-state index in [1.54, 1.807) is 29.2 Å². The van der Waals surface area contributed by atoms with Gasteiger partial charge in [0.05, 0.1) is 17.6 Å². The Hall–Kier alpha value is -7.14. The number of methoxy groups -OCH3 is 1. The standard InChI is InChI=1S/C60H69F2N9O8/c1-6-37-12-10-13-38-29-44(78-36-76-5)30-46(51(37)38)52-48(61)31-47-54(53(52)62)64-58(65-55(47)69-33-41-15-16-42(34-69)71(41)59(75)79-60(2,3)4)77-35-43-14-11-23-67(43)22-9-7-8-21-66-24-26-68(27-25-66)40-17-18-45-39(28-40)32-70(57(45)74)49-19-20-50(72)63-56(49)73/h1,10,12-13,17-18,28-31,41-43,49H,7-9,11,14-16,19-27,32-36H2,2-5H3,(H,63,72,73)/t41?,42?,43-,49-/m0/s1. The number of nitrogens with zero attached hydrogens (tertiary/aromatic N) is 8. The van der Waals surface area contributed by atoms with Gasteiger partial charge in [0, 0.05) is 98.5 Å². The highest BCUT2D eigenvalue weighted by atomic mass is 19.1. The van der Waals surface area contributed by atoms with Crippen LogP contribution >= 0.6 is 0 Å². The molecule has 5 aromatic rings. The zero-order valence-electron chi connectivity index (χ0n) is 45.5. The number of aromatic nitrogens is 2. The summed E-state index contributed by atoms with van der Waals surface area (Å²) in [6, 6.07) is 15.0. The Bertz CT molecular complexity index is 3210. The molecule has 5 fully saturated rings. The minimum absolute atomic E-state index is 0.0122. The van der Waals surface area contributed by atoms with E-state index >= 15 is 8.78 Å². The summed E-state index contributed by atoms with van der Waals surface area (Å²) in [5.74, 6) is 0.799. The fourth-order valence-electron chi connectivity index (χ4n) is 12.7. The van der Waals surface area contributed by atoms with Crippen LogP contribution in [0.3, 0.4) is 0 Å². The summed E-state index contributed by atoms with van der Waals surface area (Å²) in [6.45, 7) is 13.4. The summed E-state index contributed by atoms with van der Waals surface area (Å²) in [7, 11) is 1.49. The summed E-state index contributed by atoms with van der Waals surface area (Å²) in [5, 5.41) is 3.69. The normalized spacial score (nSPS) is 21.8. The third-order valence-corrected chi connectivity index (χ3v) is 16.5. The Kier molecular flexibility index (Phi) is 15.4. The van der Waals surface area contributed by atoms with Gasteiger partial charge in [-0.25, -0.2) is 13.6 Å². The molecule has 7 heterocycles. The molecule has 416 valence electrons. The molecule has 17 nitrogen and oxygen atoms in total. The number of halogens is 2. The number of likely N-dealkylation sites (tertiary alicyclic amines) is 1. The SMILES string of the molecule is C#Cc1cccc2cc(OCOC)cc(-c3c(F)cc4c(N5CC6CCC(C5)N6C(=O)OC(C)(C)C)nc(OC[C@@H]5CCCN5CCCCCN5CCN(c6ccc7c(c6)CN([C@H]6CCC(=O)NC6=O)C7=O)CC5)nc4c3F)c12. The molecule has 11 rings (SSSR count). The van der Waals surface area contributed by atoms with Gasteiger partial charge < -0.3 is 33.6 Å². The fourth-order valence-corrected chi connectivity index (χ4v) is 12.7. The monoisotopic (exact) mass is 1080 g/mol. The van der Waals surface area contributed by atoms with Gasteiger partial charge in [0.25, 0.3) is 5.91 Å². The van der Waals surface area contributed by atoms with E-state index in [1.165, 1.54) is 13.2 Å². The van der Waals surface area contributed by atoms with Crippen LogP contribution in [0.15, 0.2) is 54.6 Å². The van der Waals surface area contributed by atoms with E-state index in [0.717, 1.165) is 102 Å². The van der Waals surface area contributed by atoms with Crippen molar-refractivity contribution < 1.29 is 46.9 Å². The Morgan fingerprint density at radius 2 is 1.65 bits per heavy atom. The topological polar surface area (TPSA) is 162 Å². The molecule has 19 heteroatoms. The molecule has 6 aliphatic rings. The predicted octanol–water partition coefficient (Wildman–Crippen LogP) is 7.88. The average molecular weight is 1080 g/mol. The smallest absolute Gasteiger partial charge is 0.410 e. The van der Waals surface area contributed by atoms with E-state index in [4.69, 9.17) is 35.3 Å². The first kappa shape index (κ1) is 53.8. The Balaban J connectivity index is 0.751. The second-order valence-electron chi connectivity index (χ2n) is 22.8. The zero-order valence-corrected chi connectivity index (χ0v) is 45.5. The van der Waals surface area contributed by atoms with E-state index in [1.807, 2.05) is 48.8 Å². The lowest BCUT2D eigenvalue weighted by atomic mass is 9.93. The van der Waals surface area contributed by atoms with Crippen LogP contribution in [-0.4, -0.2) is 163 Å². The molecule has 0 radical (unpaired) electrons. The number of piperazine rings is 2. The van der Waals surface area contributed by atoms with Gasteiger partial charge in [-0.2, -0.15) is 9.97 Å². The maximum atomic E-state index is 17.7. The van der Waals surface area contributed by atoms with Crippen LogP contribution in [0.1, 0.15) is 100 Å². The first-order valence-corrected chi connectivity index (χ1v) is 27.9. The molecule has 1 aromatic heterocycles. The van der Waals surface area contributed by atoms with E-state index in [0.29, 0.717) is 59.5 Å². The molecule has 0 spiro atoms. The number of terminal acetylenes is 1. The van der Waals surface area contributed by atoms with Gasteiger partial charge in [-0.05, 0) is 139 Å². The maximum Gasteiger partial charge on any atom is 0.410 e. The number of rotatable bonds is 16. The number of hydrogen-bond donors (Lipinski definition) is 1. The number of fused-ring (bicyclic) bond motifs is 5. The quantitative estimate of drug-likeness (QED) is 0.0440. The summed E-state index contributed by atoms with van der Waals surface area (Å²) in [5.41, 5.74) is 2.21. The van der Waals surface area contributed by atoms with Gasteiger partial charge in [0.1, 0.15) is 41.2 Å². The van der Waals surface area contributed by atoms with Crippen LogP contribution in [0.25, 0.3) is 32.8 Å². The average Bonchev–Trinajstić information content (AvgIpc) is 4.25. The number of hydrogen-bond acceptors (Lipinski definition) is 14. The number of nitrogens with one attached hydrogen (secondary N) is 1. The highest BCUT2D eigenvalue weighted by molar-refractivity contribution is 6.06. The number of imide groups is 1. The lowest BCUT2D eigenvalue weighted by Gasteiger charge is -2.42. The molecule has 2 bridgehead atoms. The fraction of sp³-hybridized carbons (Fsp3) is 0.500. The first-order valence-electron chi connectivity index (χ1n) is 27.9. The number of carbonyl (C=O) groups excluding carboxylic acids is 4. The number of ether oxygens (including phenoxy) is 4. The Morgan fingerprint density at radius 1 is 0.861 bits per heavy atom. The molecule has 4 aromatic carbocycles. The van der Waals surface area contributed by atoms with Gasteiger partial charge in [0.15, 0.2) is 12.6 Å². The number of amides is 4. The molecular weight excluding hydrogens is 1010 g/mol. The lowest BCUT2D eigenvalue weighted by Crippen LogP contribution is -2.57. The minimum Gasteiger partial charge on any atom is -0.468 e. The van der Waals surface area contributed by atoms with Gasteiger partial charge in [-0.3, -0.25) is 34.4 Å². The van der Waals surface area contributed by atoms with Crippen molar-refractivity contribution in [1.82, 2.24) is 34.9 Å². The van der Waals surface area contributed by atoms with Crippen molar-refractivity contribution in [2.75, 3.05) is 89.2 Å². The van der Waals surface area contributed by atoms with Crippen molar-refractivity contribution >= 4 is 57.0 Å². The highest BCUT2D eigenvalue weighted by Crippen LogP contribution is 2.43. The van der Waals surface area contributed by atoms with Crippen LogP contribution in [0, 0.1) is 24.0 Å². The Labute approximate surface area is 459 Å². The number of unbranched alkanes of at least 4 members (excludes halogenated alkanes) is 2. The zero-order chi connectivity index (χ0) is 55.1. The van der Waals surface area contributed by atoms with E-state index in [9.17, 15) is 19.2 Å². The van der Waals surface area contributed by atoms with E-state index < -0.39 is 29.2 Å². The third kappa shape index (κ3) is 11.1. The van der Waals surface area contributed by atoms with Crippen molar-refractivity contribution in [1.29, 1.82) is 0 Å². The van der Waals surface area contributed by atoms with Crippen LogP contribution in [0.4, 0.5) is 25.1 Å². The summed E-state index contributed by atoms with van der Waals surface area (Å²) in [6.07, 6.45) is 12.8. The molecule has 79 heavy (non-hydrogen) atoms. The largest absolute Gasteiger partial charge is 0.468 e. The Morgan fingerprint density at radius 3 is 2.39 bits per heavy atom. The van der Waals surface area contributed by atoms with Crippen molar-refractivity contribution in [3.8, 4) is 35.2 Å². The molecule has 4 atom stereocenters. The molecular formula is C60H69F2N9O8. The van der Waals surface area contributed by atoms with Gasteiger partial charge >= 0.3 is 12.1 Å². The third-order valence-electron chi connectivity index (χ3n) is 16.5. The van der Waals surface area contributed by atoms with E-state index in [2.05, 4.69) is 32.0 Å². The van der Waals surface area contributed by atoms with Crippen LogP contribution in [0.5, 0.6) is 11.8 Å². The van der Waals surface area contributed by atoms with Gasteiger partial charge in [-0.15, -0.1) is 6.42 Å². The maximum absolute atomic E-state index is 17.7. The molecule has 2 unspecified atom stereocenters. The molecule has 0 aliphatic carbocycles. The number of benzene rings is 4. The first-order chi connectivity index (χ1) is 38.1. The van der Waals surface area contributed by atoms with Gasteiger partial charge in [0.2, 0.25) is 11.8 Å². The minimum atomic E-state index is -0.889. The highest BCUT2D eigenvalue weighted by Gasteiger charge is 2.46. The predicted molar refractivity (Wildman–Crippen MR) is 295 cm³/mol. The van der Waals surface area contributed by atoms with Crippen LogP contribution in [0.2, 0.25) is 0 Å². The second kappa shape index (κ2) is 22.5. The van der Waals surface area contributed by atoms with E-state index in [-0.39, 0.29) is 83.9 Å². The summed E-state index contributed by atoms with van der Waals surface area (Å²) in [4.78, 5) is 73.4. The molecule has 1 N–H and O–H groups in total. The number of piperidine rings is 1. The van der Waals surface area contributed by atoms with Crippen molar-refractivity contribution in [3.05, 3.63) is 82.9 Å². The molecule has 6 aliphatic heterocycles. The second-order valence-corrected chi connectivity index (χ2v) is 22.8. The van der Waals surface area contributed by atoms with Crippen molar-refractivity contribution in [2.45, 2.75) is 115 Å². The summed E-state index contributed by atoms with van der Waals surface area (Å²) < 4.78 is 58.0. The van der Waals surface area contributed by atoms with Crippen LogP contribution < -0.4 is 24.6 Å². The van der Waals surface area contributed by atoms with Crippen LogP contribution in [-0.2, 0) is 25.6 Å².